The molecule has 4 heteroatoms. The third kappa shape index (κ3) is 2.36. The summed E-state index contributed by atoms with van der Waals surface area (Å²) in [5, 5.41) is 9.74. The molecule has 0 saturated carbocycles. The summed E-state index contributed by atoms with van der Waals surface area (Å²) >= 11 is 14.9. The van der Waals surface area contributed by atoms with Crippen LogP contribution in [0.4, 0.5) is 0 Å². The van der Waals surface area contributed by atoms with E-state index in [1.807, 2.05) is 0 Å². The number of halogens is 3. The van der Waals surface area contributed by atoms with Gasteiger partial charge in [0.25, 0.3) is 0 Å². The molecule has 0 atom stereocenters. The first-order valence-electron chi connectivity index (χ1n) is 3.39. The third-order valence-electron chi connectivity index (χ3n) is 1.47. The lowest BCUT2D eigenvalue weighted by atomic mass is 10.2. The molecule has 0 bridgehead atoms. The summed E-state index contributed by atoms with van der Waals surface area (Å²) in [7, 11) is 0. The van der Waals surface area contributed by atoms with Crippen molar-refractivity contribution in [2.45, 2.75) is 6.42 Å². The van der Waals surface area contributed by atoms with E-state index in [1.165, 1.54) is 0 Å². The topological polar surface area (TPSA) is 20.2 Å². The Morgan fingerprint density at radius 2 is 1.83 bits per heavy atom. The number of hydrogen-bond acceptors (Lipinski definition) is 1. The molecule has 0 aliphatic heterocycles. The van der Waals surface area contributed by atoms with Gasteiger partial charge < -0.3 is 5.11 Å². The first-order valence-corrected chi connectivity index (χ1v) is 4.94. The fourth-order valence-corrected chi connectivity index (χ4v) is 1.90. The van der Waals surface area contributed by atoms with Gasteiger partial charge in [0.2, 0.25) is 0 Å². The summed E-state index contributed by atoms with van der Waals surface area (Å²) in [5.74, 6) is 0. The molecule has 0 spiro atoms. The molecule has 0 radical (unpaired) electrons. The molecule has 0 aliphatic carbocycles. The molecule has 0 amide bonds. The molecule has 1 aromatic carbocycles. The highest BCUT2D eigenvalue weighted by atomic mass is 79.9. The Bertz CT molecular complexity index is 289. The molecule has 0 aliphatic rings. The highest BCUT2D eigenvalue weighted by Gasteiger charge is 2.04. The normalized spacial score (nSPS) is 10.3. The Balaban J connectivity index is 3.05. The molecule has 12 heavy (non-hydrogen) atoms. The van der Waals surface area contributed by atoms with Crippen LogP contribution in [0.5, 0.6) is 0 Å². The van der Waals surface area contributed by atoms with Crippen LogP contribution in [0.3, 0.4) is 0 Å². The SMILES string of the molecule is OCCc1cc(Cl)c(Cl)cc1Br. The molecule has 1 nitrogen and oxygen atoms in total. The fourth-order valence-electron chi connectivity index (χ4n) is 0.876. The Kier molecular flexibility index (Phi) is 3.84. The zero-order chi connectivity index (χ0) is 9.14. The van der Waals surface area contributed by atoms with Crippen LogP contribution < -0.4 is 0 Å². The van der Waals surface area contributed by atoms with Crippen molar-refractivity contribution in [2.75, 3.05) is 6.61 Å². The number of hydrogen-bond donors (Lipinski definition) is 1. The predicted octanol–water partition coefficient (Wildman–Crippen LogP) is 3.29. The molecule has 1 N–H and O–H groups in total. The minimum Gasteiger partial charge on any atom is -0.396 e. The average molecular weight is 270 g/mol. The van der Waals surface area contributed by atoms with Crippen LogP contribution in [-0.4, -0.2) is 11.7 Å². The van der Waals surface area contributed by atoms with Crippen LogP contribution in [0.2, 0.25) is 10.0 Å². The zero-order valence-electron chi connectivity index (χ0n) is 6.15. The molecule has 1 rings (SSSR count). The van der Waals surface area contributed by atoms with E-state index < -0.39 is 0 Å². The van der Waals surface area contributed by atoms with Gasteiger partial charge in [-0.05, 0) is 24.1 Å². The van der Waals surface area contributed by atoms with Gasteiger partial charge >= 0.3 is 0 Å². The lowest BCUT2D eigenvalue weighted by Gasteiger charge is -2.04. The first-order chi connectivity index (χ1) is 5.65. The standard InChI is InChI=1S/C8H7BrCl2O/c9-6-4-8(11)7(10)3-5(6)1-2-12/h3-4,12H,1-2H2. The maximum absolute atomic E-state index is 8.71. The monoisotopic (exact) mass is 268 g/mol. The Hall–Kier alpha value is 0.240. The minimum absolute atomic E-state index is 0.108. The Labute approximate surface area is 89.4 Å². The van der Waals surface area contributed by atoms with Crippen LogP contribution in [0.15, 0.2) is 16.6 Å². The van der Waals surface area contributed by atoms with Crippen LogP contribution >= 0.6 is 39.1 Å². The van der Waals surface area contributed by atoms with E-state index in [1.54, 1.807) is 12.1 Å². The highest BCUT2D eigenvalue weighted by Crippen LogP contribution is 2.29. The maximum Gasteiger partial charge on any atom is 0.0603 e. The molecule has 0 unspecified atom stereocenters. The minimum atomic E-state index is 0.108. The van der Waals surface area contributed by atoms with Crippen molar-refractivity contribution in [3.63, 3.8) is 0 Å². The smallest absolute Gasteiger partial charge is 0.0603 e. The second-order valence-electron chi connectivity index (χ2n) is 2.33. The van der Waals surface area contributed by atoms with Crippen molar-refractivity contribution in [1.82, 2.24) is 0 Å². The molecule has 66 valence electrons. The molecule has 0 fully saturated rings. The first kappa shape index (κ1) is 10.3. The van der Waals surface area contributed by atoms with E-state index in [-0.39, 0.29) is 6.61 Å². The largest absolute Gasteiger partial charge is 0.396 e. The molecule has 0 saturated heterocycles. The average Bonchev–Trinajstić information content (AvgIpc) is 2.01. The summed E-state index contributed by atoms with van der Waals surface area (Å²) in [5.41, 5.74) is 0.965. The van der Waals surface area contributed by atoms with E-state index >= 15 is 0 Å². The van der Waals surface area contributed by atoms with Crippen LogP contribution in [-0.2, 0) is 6.42 Å². The summed E-state index contributed by atoms with van der Waals surface area (Å²) in [6.07, 6.45) is 0.581. The van der Waals surface area contributed by atoms with E-state index in [0.717, 1.165) is 10.0 Å². The van der Waals surface area contributed by atoms with Gasteiger partial charge in [-0.2, -0.15) is 0 Å². The van der Waals surface area contributed by atoms with E-state index in [4.69, 9.17) is 28.3 Å². The molecule has 1 aromatic rings. The number of aliphatic hydroxyl groups excluding tert-OH is 1. The zero-order valence-corrected chi connectivity index (χ0v) is 9.25. The summed E-state index contributed by atoms with van der Waals surface area (Å²) in [6, 6.07) is 3.49. The van der Waals surface area contributed by atoms with Crippen LogP contribution in [0, 0.1) is 0 Å². The van der Waals surface area contributed by atoms with Gasteiger partial charge in [-0.25, -0.2) is 0 Å². The summed E-state index contributed by atoms with van der Waals surface area (Å²) < 4.78 is 0.881. The van der Waals surface area contributed by atoms with Gasteiger partial charge in [0.15, 0.2) is 0 Å². The fraction of sp³-hybridized carbons (Fsp3) is 0.250. The molecular weight excluding hydrogens is 263 g/mol. The predicted molar refractivity (Wildman–Crippen MR) is 55.0 cm³/mol. The van der Waals surface area contributed by atoms with Gasteiger partial charge in [-0.15, -0.1) is 0 Å². The molecule has 0 aromatic heterocycles. The lowest BCUT2D eigenvalue weighted by molar-refractivity contribution is 0.299. The second-order valence-corrected chi connectivity index (χ2v) is 4.00. The molecule has 0 heterocycles. The van der Waals surface area contributed by atoms with Gasteiger partial charge in [0.1, 0.15) is 0 Å². The van der Waals surface area contributed by atoms with Crippen molar-refractivity contribution in [3.8, 4) is 0 Å². The Morgan fingerprint density at radius 3 is 2.42 bits per heavy atom. The highest BCUT2D eigenvalue weighted by molar-refractivity contribution is 9.10. The van der Waals surface area contributed by atoms with Crippen LogP contribution in [0.1, 0.15) is 5.56 Å². The maximum atomic E-state index is 8.71. The van der Waals surface area contributed by atoms with E-state index in [2.05, 4.69) is 15.9 Å². The van der Waals surface area contributed by atoms with Crippen LogP contribution in [0.25, 0.3) is 0 Å². The van der Waals surface area contributed by atoms with Crippen molar-refractivity contribution in [1.29, 1.82) is 0 Å². The Morgan fingerprint density at radius 1 is 1.25 bits per heavy atom. The van der Waals surface area contributed by atoms with Gasteiger partial charge in [-0.1, -0.05) is 39.1 Å². The van der Waals surface area contributed by atoms with E-state index in [0.29, 0.717) is 16.5 Å². The number of rotatable bonds is 2. The quantitative estimate of drug-likeness (QED) is 0.817. The number of aliphatic hydroxyl groups is 1. The van der Waals surface area contributed by atoms with Crippen molar-refractivity contribution in [2.24, 2.45) is 0 Å². The second kappa shape index (κ2) is 4.47. The van der Waals surface area contributed by atoms with Crippen molar-refractivity contribution in [3.05, 3.63) is 32.2 Å². The summed E-state index contributed by atoms with van der Waals surface area (Å²) in [6.45, 7) is 0.108. The third-order valence-corrected chi connectivity index (χ3v) is 2.93. The number of benzene rings is 1. The van der Waals surface area contributed by atoms with E-state index in [9.17, 15) is 0 Å². The molecular formula is C8H7BrCl2O. The van der Waals surface area contributed by atoms with Gasteiger partial charge in [0, 0.05) is 11.1 Å². The van der Waals surface area contributed by atoms with Crippen molar-refractivity contribution >= 4 is 39.1 Å². The van der Waals surface area contributed by atoms with Gasteiger partial charge in [0.05, 0.1) is 10.0 Å². The lowest BCUT2D eigenvalue weighted by Crippen LogP contribution is -1.91. The summed E-state index contributed by atoms with van der Waals surface area (Å²) in [4.78, 5) is 0. The van der Waals surface area contributed by atoms with Crippen molar-refractivity contribution < 1.29 is 5.11 Å². The van der Waals surface area contributed by atoms with Gasteiger partial charge in [-0.3, -0.25) is 0 Å².